The highest BCUT2D eigenvalue weighted by Crippen LogP contribution is 2.18. The molecule has 0 aromatic heterocycles. The van der Waals surface area contributed by atoms with E-state index in [1.807, 2.05) is 6.08 Å². The van der Waals surface area contributed by atoms with Crippen molar-refractivity contribution in [2.75, 3.05) is 13.2 Å². The van der Waals surface area contributed by atoms with Gasteiger partial charge in [0.2, 0.25) is 5.91 Å². The molecule has 2 unspecified atom stereocenters. The van der Waals surface area contributed by atoms with Crippen LogP contribution in [-0.4, -0.2) is 47.4 Å². The van der Waals surface area contributed by atoms with Gasteiger partial charge in [0.05, 0.1) is 25.4 Å². The minimum atomic E-state index is -0.847. The van der Waals surface area contributed by atoms with Gasteiger partial charge in [-0.1, -0.05) is 333 Å². The summed E-state index contributed by atoms with van der Waals surface area (Å²) in [5.41, 5.74) is 0. The molecule has 0 radical (unpaired) electrons. The number of hydrogen-bond acceptors (Lipinski definition) is 5. The number of carbonyl (C=O) groups is 2. The van der Waals surface area contributed by atoms with E-state index in [0.717, 1.165) is 44.9 Å². The summed E-state index contributed by atoms with van der Waals surface area (Å²) in [6.07, 6.45) is 83.5. The van der Waals surface area contributed by atoms with Gasteiger partial charge in [-0.15, -0.1) is 0 Å². The van der Waals surface area contributed by atoms with Gasteiger partial charge in [-0.2, -0.15) is 0 Å². The summed E-state index contributed by atoms with van der Waals surface area (Å²) in [5.74, 6) is -0.0549. The lowest BCUT2D eigenvalue weighted by Gasteiger charge is -2.20. The highest BCUT2D eigenvalue weighted by molar-refractivity contribution is 5.76. The molecule has 448 valence electrons. The molecular formula is C70H133NO5. The van der Waals surface area contributed by atoms with E-state index in [1.54, 1.807) is 6.08 Å². The second kappa shape index (κ2) is 65.6. The summed E-state index contributed by atoms with van der Waals surface area (Å²) in [6.45, 7) is 4.93. The lowest BCUT2D eigenvalue weighted by atomic mass is 10.0. The molecule has 0 saturated heterocycles. The first kappa shape index (κ1) is 74.1. The second-order valence-corrected chi connectivity index (χ2v) is 23.5. The molecule has 6 nitrogen and oxygen atoms in total. The van der Waals surface area contributed by atoms with Gasteiger partial charge in [0.1, 0.15) is 0 Å². The van der Waals surface area contributed by atoms with Crippen LogP contribution in [0, 0.1) is 0 Å². The number of carbonyl (C=O) groups excluding carboxylic acids is 2. The lowest BCUT2D eigenvalue weighted by molar-refractivity contribution is -0.143. The Hall–Kier alpha value is -1.92. The molecule has 6 heteroatoms. The Balaban J connectivity index is 3.42. The van der Waals surface area contributed by atoms with Gasteiger partial charge in [0.25, 0.3) is 0 Å². The fourth-order valence-corrected chi connectivity index (χ4v) is 10.7. The van der Waals surface area contributed by atoms with Crippen LogP contribution in [0.15, 0.2) is 36.5 Å². The van der Waals surface area contributed by atoms with Gasteiger partial charge in [-0.25, -0.2) is 0 Å². The number of aliphatic hydroxyl groups is 2. The maximum Gasteiger partial charge on any atom is 0.305 e. The Kier molecular flexibility index (Phi) is 63.9. The summed E-state index contributed by atoms with van der Waals surface area (Å²) < 4.78 is 5.50. The fraction of sp³-hybridized carbons (Fsp3) is 0.886. The van der Waals surface area contributed by atoms with E-state index in [4.69, 9.17) is 4.74 Å². The highest BCUT2D eigenvalue weighted by atomic mass is 16.5. The summed E-state index contributed by atoms with van der Waals surface area (Å²) in [5, 5.41) is 23.1. The Labute approximate surface area is 474 Å². The Bertz CT molecular complexity index is 1230. The van der Waals surface area contributed by atoms with Crippen molar-refractivity contribution in [1.29, 1.82) is 0 Å². The zero-order valence-electron chi connectivity index (χ0n) is 51.3. The van der Waals surface area contributed by atoms with Crippen LogP contribution in [-0.2, 0) is 14.3 Å². The minimum absolute atomic E-state index is 0.0145. The number of aliphatic hydroxyl groups excluding tert-OH is 2. The molecule has 0 heterocycles. The normalized spacial score (nSPS) is 12.7. The van der Waals surface area contributed by atoms with Crippen molar-refractivity contribution in [3.05, 3.63) is 36.5 Å². The number of allylic oxidation sites excluding steroid dienone is 5. The van der Waals surface area contributed by atoms with Crippen LogP contribution in [0.4, 0.5) is 0 Å². The largest absolute Gasteiger partial charge is 0.466 e. The Morgan fingerprint density at radius 3 is 1.00 bits per heavy atom. The lowest BCUT2D eigenvalue weighted by Crippen LogP contribution is -2.45. The van der Waals surface area contributed by atoms with Crippen molar-refractivity contribution in [3.63, 3.8) is 0 Å². The van der Waals surface area contributed by atoms with Crippen molar-refractivity contribution < 1.29 is 24.5 Å². The van der Waals surface area contributed by atoms with Gasteiger partial charge >= 0.3 is 5.97 Å². The maximum absolute atomic E-state index is 12.5. The third kappa shape index (κ3) is 61.3. The molecule has 2 atom stereocenters. The first-order valence-corrected chi connectivity index (χ1v) is 34.3. The standard InChI is InChI=1S/C70H133NO5/c1-3-5-7-9-11-13-15-17-19-31-36-40-44-48-52-56-60-64-70(75)76-65-61-57-53-49-45-41-37-33-30-28-26-24-22-20-21-23-25-27-29-32-35-39-43-47-51-55-59-63-69(74)71-67(66-72)68(73)62-58-54-50-46-42-38-34-18-16-14-12-10-8-6-4-2/h20-21,24,26,58,62,67-68,72-73H,3-19,22-23,25,27-57,59-61,63-66H2,1-2H3,(H,71,74)/b21-20-,26-24-,62-58+. The molecule has 0 aromatic carbocycles. The maximum atomic E-state index is 12.5. The van der Waals surface area contributed by atoms with Crippen LogP contribution < -0.4 is 5.32 Å². The molecule has 0 aliphatic heterocycles. The van der Waals surface area contributed by atoms with Gasteiger partial charge < -0.3 is 20.3 Å². The molecule has 0 saturated carbocycles. The molecule has 3 N–H and O–H groups in total. The number of esters is 1. The van der Waals surface area contributed by atoms with Crippen LogP contribution in [0.5, 0.6) is 0 Å². The number of rotatable bonds is 64. The quantitative estimate of drug-likeness (QED) is 0.0320. The first-order chi connectivity index (χ1) is 37.5. The van der Waals surface area contributed by atoms with Crippen LogP contribution >= 0.6 is 0 Å². The molecule has 0 aliphatic carbocycles. The average molecular weight is 1070 g/mol. The van der Waals surface area contributed by atoms with Crippen LogP contribution in [0.2, 0.25) is 0 Å². The molecular weight excluding hydrogens is 935 g/mol. The molecule has 0 fully saturated rings. The average Bonchev–Trinajstić information content (AvgIpc) is 3.42. The minimum Gasteiger partial charge on any atom is -0.466 e. The summed E-state index contributed by atoms with van der Waals surface area (Å²) in [6, 6.07) is -0.630. The number of nitrogens with one attached hydrogen (secondary N) is 1. The van der Waals surface area contributed by atoms with E-state index in [-0.39, 0.29) is 18.5 Å². The Morgan fingerprint density at radius 2 is 0.658 bits per heavy atom. The topological polar surface area (TPSA) is 95.9 Å². The van der Waals surface area contributed by atoms with E-state index in [9.17, 15) is 19.8 Å². The smallest absolute Gasteiger partial charge is 0.305 e. The van der Waals surface area contributed by atoms with Crippen molar-refractivity contribution >= 4 is 11.9 Å². The van der Waals surface area contributed by atoms with Gasteiger partial charge in [0, 0.05) is 12.8 Å². The third-order valence-electron chi connectivity index (χ3n) is 15.9. The zero-order valence-corrected chi connectivity index (χ0v) is 51.3. The van der Waals surface area contributed by atoms with E-state index < -0.39 is 12.1 Å². The summed E-state index contributed by atoms with van der Waals surface area (Å²) in [4.78, 5) is 24.6. The van der Waals surface area contributed by atoms with Crippen molar-refractivity contribution in [2.24, 2.45) is 0 Å². The molecule has 1 amide bonds. The predicted octanol–water partition coefficient (Wildman–Crippen LogP) is 21.9. The van der Waals surface area contributed by atoms with E-state index >= 15 is 0 Å². The Morgan fingerprint density at radius 1 is 0.368 bits per heavy atom. The van der Waals surface area contributed by atoms with Crippen molar-refractivity contribution in [1.82, 2.24) is 5.32 Å². The van der Waals surface area contributed by atoms with Crippen LogP contribution in [0.3, 0.4) is 0 Å². The van der Waals surface area contributed by atoms with Gasteiger partial charge in [-0.05, 0) is 64.2 Å². The van der Waals surface area contributed by atoms with Gasteiger partial charge in [-0.3, -0.25) is 9.59 Å². The summed E-state index contributed by atoms with van der Waals surface area (Å²) in [7, 11) is 0. The fourth-order valence-electron chi connectivity index (χ4n) is 10.7. The molecule has 76 heavy (non-hydrogen) atoms. The second-order valence-electron chi connectivity index (χ2n) is 23.5. The predicted molar refractivity (Wildman–Crippen MR) is 333 cm³/mol. The molecule has 0 aromatic rings. The van der Waals surface area contributed by atoms with Crippen LogP contribution in [0.1, 0.15) is 373 Å². The third-order valence-corrected chi connectivity index (χ3v) is 15.9. The molecule has 0 aliphatic rings. The first-order valence-electron chi connectivity index (χ1n) is 34.3. The molecule has 0 bridgehead atoms. The monoisotopic (exact) mass is 1070 g/mol. The highest BCUT2D eigenvalue weighted by Gasteiger charge is 2.18. The van der Waals surface area contributed by atoms with E-state index in [2.05, 4.69) is 43.5 Å². The van der Waals surface area contributed by atoms with E-state index in [1.165, 1.54) is 302 Å². The zero-order chi connectivity index (χ0) is 55.0. The van der Waals surface area contributed by atoms with Crippen molar-refractivity contribution in [2.45, 2.75) is 386 Å². The van der Waals surface area contributed by atoms with Crippen molar-refractivity contribution in [3.8, 4) is 0 Å². The van der Waals surface area contributed by atoms with Gasteiger partial charge in [0.15, 0.2) is 0 Å². The number of unbranched alkanes of at least 4 members (excludes halogenated alkanes) is 49. The molecule has 0 rings (SSSR count). The SMILES string of the molecule is CCCCCCCCCCCCCCC/C=C/C(O)C(CO)NC(=O)CCCCCCCCCCCCC/C=C\C/C=C\CCCCCCCCCCCOC(=O)CCCCCCCCCCCCCCCCCCC. The summed E-state index contributed by atoms with van der Waals surface area (Å²) >= 11 is 0. The number of ether oxygens (including phenoxy) is 1. The van der Waals surface area contributed by atoms with Crippen LogP contribution in [0.25, 0.3) is 0 Å². The number of hydrogen-bond donors (Lipinski definition) is 3. The number of amides is 1. The van der Waals surface area contributed by atoms with E-state index in [0.29, 0.717) is 19.4 Å². The molecule has 0 spiro atoms.